The lowest BCUT2D eigenvalue weighted by atomic mass is 9.54. The fourth-order valence-electron chi connectivity index (χ4n) is 6.14. The van der Waals surface area contributed by atoms with Gasteiger partial charge in [-0.1, -0.05) is 0 Å². The molecule has 108 valence electrons. The first kappa shape index (κ1) is 12.6. The highest BCUT2D eigenvalue weighted by Crippen LogP contribution is 2.52. The molecule has 5 rings (SSSR count). The maximum atomic E-state index is 2.78. The molecule has 1 aliphatic heterocycles. The van der Waals surface area contributed by atoms with Gasteiger partial charge in [-0.2, -0.15) is 0 Å². The maximum Gasteiger partial charge on any atom is 0.0916 e. The molecular formula is C17H32N2+2. The number of hydrogen-bond acceptors (Lipinski definition) is 0. The second-order valence-electron chi connectivity index (χ2n) is 8.09. The maximum absolute atomic E-state index is 2.78. The fraction of sp³-hybridized carbons (Fsp3) is 1.00. The largest absolute Gasteiger partial charge is 0.343 e. The molecule has 3 N–H and O–H groups in total. The number of nitrogens with one attached hydrogen (secondary N) is 1. The quantitative estimate of drug-likeness (QED) is 0.673. The Kier molecular flexibility index (Phi) is 3.57. The molecule has 0 radical (unpaired) electrons. The summed E-state index contributed by atoms with van der Waals surface area (Å²) in [6.45, 7) is 5.77. The van der Waals surface area contributed by atoms with Crippen LogP contribution in [0.15, 0.2) is 0 Å². The third-order valence-electron chi connectivity index (χ3n) is 6.78. The fourth-order valence-corrected chi connectivity index (χ4v) is 6.14. The molecule has 1 saturated heterocycles. The van der Waals surface area contributed by atoms with Gasteiger partial charge in [0, 0.05) is 31.1 Å². The normalized spacial score (nSPS) is 45.2. The summed E-state index contributed by atoms with van der Waals surface area (Å²) in [6, 6.07) is 1.03. The van der Waals surface area contributed by atoms with Gasteiger partial charge in [0.2, 0.25) is 0 Å². The molecule has 4 saturated carbocycles. The number of quaternary nitrogens is 2. The van der Waals surface area contributed by atoms with Gasteiger partial charge in [0.25, 0.3) is 0 Å². The Morgan fingerprint density at radius 3 is 2.11 bits per heavy atom. The van der Waals surface area contributed by atoms with E-state index < -0.39 is 0 Å². The summed E-state index contributed by atoms with van der Waals surface area (Å²) in [6.07, 6.45) is 12.4. The van der Waals surface area contributed by atoms with Crippen molar-refractivity contribution in [2.75, 3.05) is 26.2 Å². The smallest absolute Gasteiger partial charge is 0.0916 e. The molecule has 19 heavy (non-hydrogen) atoms. The summed E-state index contributed by atoms with van der Waals surface area (Å²) in [5, 5.41) is 2.78. The van der Waals surface area contributed by atoms with Crippen LogP contribution in [0.2, 0.25) is 0 Å². The first-order valence-corrected chi connectivity index (χ1v) is 9.05. The Labute approximate surface area is 118 Å². The molecule has 1 heterocycles. The van der Waals surface area contributed by atoms with Crippen molar-refractivity contribution in [1.82, 2.24) is 0 Å². The van der Waals surface area contributed by atoms with E-state index in [0.29, 0.717) is 0 Å². The highest BCUT2D eigenvalue weighted by atomic mass is 15.1. The van der Waals surface area contributed by atoms with Gasteiger partial charge in [-0.3, -0.25) is 0 Å². The van der Waals surface area contributed by atoms with Crippen molar-refractivity contribution in [3.8, 4) is 0 Å². The molecule has 4 bridgehead atoms. The molecule has 0 atom stereocenters. The van der Waals surface area contributed by atoms with Crippen LogP contribution in [-0.2, 0) is 0 Å². The predicted molar refractivity (Wildman–Crippen MR) is 77.0 cm³/mol. The van der Waals surface area contributed by atoms with Gasteiger partial charge in [0.15, 0.2) is 0 Å². The van der Waals surface area contributed by atoms with Crippen LogP contribution < -0.4 is 10.2 Å². The van der Waals surface area contributed by atoms with E-state index in [2.05, 4.69) is 5.32 Å². The van der Waals surface area contributed by atoms with E-state index in [4.69, 9.17) is 0 Å². The van der Waals surface area contributed by atoms with Crippen LogP contribution in [0, 0.1) is 23.7 Å². The first-order chi connectivity index (χ1) is 9.38. The minimum absolute atomic E-state index is 1.03. The molecule has 5 fully saturated rings. The topological polar surface area (TPSA) is 21.1 Å². The minimum Gasteiger partial charge on any atom is -0.343 e. The number of rotatable bonds is 5. The Bertz CT molecular complexity index is 280. The zero-order valence-electron chi connectivity index (χ0n) is 12.4. The third kappa shape index (κ3) is 2.58. The highest BCUT2D eigenvalue weighted by molar-refractivity contribution is 4.97. The average Bonchev–Trinajstić information content (AvgIpc) is 2.89. The van der Waals surface area contributed by atoms with Crippen molar-refractivity contribution < 1.29 is 10.2 Å². The van der Waals surface area contributed by atoms with Crippen molar-refractivity contribution in [1.29, 1.82) is 0 Å². The monoisotopic (exact) mass is 264 g/mol. The van der Waals surface area contributed by atoms with Crippen molar-refractivity contribution in [3.63, 3.8) is 0 Å². The average molecular weight is 264 g/mol. The second kappa shape index (κ2) is 5.37. The number of nitrogens with two attached hydrogens (primary N) is 1. The van der Waals surface area contributed by atoms with Gasteiger partial charge in [-0.15, -0.1) is 0 Å². The van der Waals surface area contributed by atoms with Crippen LogP contribution in [0.4, 0.5) is 0 Å². The Morgan fingerprint density at radius 2 is 1.47 bits per heavy atom. The highest BCUT2D eigenvalue weighted by Gasteiger charge is 2.49. The Balaban J connectivity index is 1.22. The molecular weight excluding hydrogens is 232 g/mol. The van der Waals surface area contributed by atoms with Gasteiger partial charge in [0.1, 0.15) is 0 Å². The van der Waals surface area contributed by atoms with E-state index in [0.717, 1.165) is 29.7 Å². The standard InChI is InChI=1S/C17H30N2/c1-2-6-19(5-1)7-3-4-18-17-15-9-13-8-14(11-15)12-16(17)10-13/h13-18H,1-12H2/p+2. The van der Waals surface area contributed by atoms with E-state index in [9.17, 15) is 0 Å². The predicted octanol–water partition coefficient (Wildman–Crippen LogP) is 0.443. The van der Waals surface area contributed by atoms with Crippen LogP contribution in [0.3, 0.4) is 0 Å². The van der Waals surface area contributed by atoms with E-state index in [-0.39, 0.29) is 0 Å². The van der Waals surface area contributed by atoms with E-state index >= 15 is 0 Å². The molecule has 0 aromatic heterocycles. The van der Waals surface area contributed by atoms with Crippen LogP contribution in [0.5, 0.6) is 0 Å². The molecule has 5 aliphatic rings. The summed E-state index contributed by atoms with van der Waals surface area (Å²) in [4.78, 5) is 1.89. The summed E-state index contributed by atoms with van der Waals surface area (Å²) < 4.78 is 0. The number of hydrogen-bond donors (Lipinski definition) is 2. The molecule has 2 heteroatoms. The second-order valence-corrected chi connectivity index (χ2v) is 8.09. The van der Waals surface area contributed by atoms with Crippen molar-refractivity contribution in [2.24, 2.45) is 23.7 Å². The lowest BCUT2D eigenvalue weighted by Gasteiger charge is -2.52. The molecule has 0 aromatic carbocycles. The molecule has 2 nitrogen and oxygen atoms in total. The summed E-state index contributed by atoms with van der Waals surface area (Å²) in [5.74, 6) is 4.49. The van der Waals surface area contributed by atoms with Crippen LogP contribution >= 0.6 is 0 Å². The van der Waals surface area contributed by atoms with Gasteiger partial charge in [-0.05, 0) is 43.9 Å². The van der Waals surface area contributed by atoms with Gasteiger partial charge >= 0.3 is 0 Å². The lowest BCUT2D eigenvalue weighted by molar-refractivity contribution is -0.889. The molecule has 0 spiro atoms. The molecule has 0 amide bonds. The molecule has 0 aromatic rings. The first-order valence-electron chi connectivity index (χ1n) is 9.05. The number of likely N-dealkylation sites (tertiary alicyclic amines) is 1. The van der Waals surface area contributed by atoms with E-state index in [1.54, 1.807) is 32.1 Å². The minimum atomic E-state index is 1.03. The molecule has 4 aliphatic carbocycles. The van der Waals surface area contributed by atoms with Gasteiger partial charge < -0.3 is 10.2 Å². The van der Waals surface area contributed by atoms with E-state index in [1.165, 1.54) is 45.4 Å². The van der Waals surface area contributed by atoms with Crippen molar-refractivity contribution >= 4 is 0 Å². The lowest BCUT2D eigenvalue weighted by Crippen LogP contribution is -3.10. The SMILES string of the molecule is C1CC[NH+](CCC[NH2+]C2C3CC4CC(C3)CC2C4)C1. The van der Waals surface area contributed by atoms with Crippen LogP contribution in [-0.4, -0.2) is 32.2 Å². The van der Waals surface area contributed by atoms with Crippen LogP contribution in [0.25, 0.3) is 0 Å². The van der Waals surface area contributed by atoms with Gasteiger partial charge in [0.05, 0.1) is 32.2 Å². The van der Waals surface area contributed by atoms with Gasteiger partial charge in [-0.25, -0.2) is 0 Å². The van der Waals surface area contributed by atoms with Crippen molar-refractivity contribution in [3.05, 3.63) is 0 Å². The van der Waals surface area contributed by atoms with Crippen LogP contribution in [0.1, 0.15) is 51.4 Å². The summed E-state index contributed by atoms with van der Waals surface area (Å²) in [7, 11) is 0. The Morgan fingerprint density at radius 1 is 0.842 bits per heavy atom. The third-order valence-corrected chi connectivity index (χ3v) is 6.78. The zero-order valence-corrected chi connectivity index (χ0v) is 12.4. The van der Waals surface area contributed by atoms with E-state index in [1.807, 2.05) is 4.90 Å². The molecule has 0 unspecified atom stereocenters. The zero-order chi connectivity index (χ0) is 12.7. The summed E-state index contributed by atoms with van der Waals surface area (Å²) >= 11 is 0. The summed E-state index contributed by atoms with van der Waals surface area (Å²) in [5.41, 5.74) is 0. The van der Waals surface area contributed by atoms with Crippen molar-refractivity contribution in [2.45, 2.75) is 57.4 Å². The Hall–Kier alpha value is -0.0800.